The fraction of sp³-hybridized carbons (Fsp3) is 0.464. The maximum atomic E-state index is 4.50. The third kappa shape index (κ3) is 4.60. The van der Waals surface area contributed by atoms with E-state index in [1.54, 1.807) is 10.6 Å². The van der Waals surface area contributed by atoms with Crippen molar-refractivity contribution >= 4 is 18.2 Å². The molecule has 1 aromatic carbocycles. The zero-order chi connectivity index (χ0) is 22.0. The lowest BCUT2D eigenvalue weighted by molar-refractivity contribution is 0.194. The highest BCUT2D eigenvalue weighted by Crippen LogP contribution is 2.49. The van der Waals surface area contributed by atoms with Crippen molar-refractivity contribution in [3.63, 3.8) is 0 Å². The summed E-state index contributed by atoms with van der Waals surface area (Å²) in [4.78, 5) is 2.60. The van der Waals surface area contributed by atoms with E-state index in [2.05, 4.69) is 74.2 Å². The fourth-order valence-corrected chi connectivity index (χ4v) is 7.82. The van der Waals surface area contributed by atoms with Crippen LogP contribution in [0, 0.1) is 6.92 Å². The van der Waals surface area contributed by atoms with E-state index < -0.39 is 0 Å². The van der Waals surface area contributed by atoms with Crippen molar-refractivity contribution < 1.29 is 0 Å². The molecule has 1 aromatic rings. The van der Waals surface area contributed by atoms with Gasteiger partial charge in [-0.15, -0.1) is 6.58 Å². The van der Waals surface area contributed by atoms with Gasteiger partial charge in [0, 0.05) is 42.3 Å². The van der Waals surface area contributed by atoms with Crippen molar-refractivity contribution in [3.8, 4) is 0 Å². The average molecular weight is 434 g/mol. The molecule has 0 amide bonds. The Morgan fingerprint density at radius 3 is 2.52 bits per heavy atom. The summed E-state index contributed by atoms with van der Waals surface area (Å²) in [6.45, 7) is 16.7. The first kappa shape index (κ1) is 22.2. The average Bonchev–Trinajstić information content (AvgIpc) is 2.86. The monoisotopic (exact) mass is 433 g/mol. The van der Waals surface area contributed by atoms with Gasteiger partial charge in [0.25, 0.3) is 0 Å². The number of rotatable bonds is 4. The van der Waals surface area contributed by atoms with E-state index in [4.69, 9.17) is 0 Å². The number of allylic oxidation sites excluding steroid dienone is 4. The minimum atomic E-state index is -0.353. The van der Waals surface area contributed by atoms with E-state index in [0.717, 1.165) is 25.2 Å². The van der Waals surface area contributed by atoms with E-state index in [1.165, 1.54) is 66.5 Å². The Morgan fingerprint density at radius 1 is 1.13 bits per heavy atom. The summed E-state index contributed by atoms with van der Waals surface area (Å²) in [5.41, 5.74) is 6.92. The quantitative estimate of drug-likeness (QED) is 0.395. The number of aryl methyl sites for hydroxylation is 1. The largest absolute Gasteiger partial charge is 0.355 e. The fourth-order valence-electron chi connectivity index (χ4n) is 5.47. The number of benzene rings is 1. The van der Waals surface area contributed by atoms with Crippen LogP contribution in [0.4, 0.5) is 0 Å². The van der Waals surface area contributed by atoms with Crippen molar-refractivity contribution in [2.24, 2.45) is 0 Å². The summed E-state index contributed by atoms with van der Waals surface area (Å²) >= 11 is 0. The predicted molar refractivity (Wildman–Crippen MR) is 139 cm³/mol. The number of nitrogens with zero attached hydrogens (tertiary/aromatic N) is 1. The van der Waals surface area contributed by atoms with Crippen LogP contribution in [0.25, 0.3) is 5.31 Å². The summed E-state index contributed by atoms with van der Waals surface area (Å²) in [5, 5.41) is 7.07. The molecule has 3 aliphatic rings. The molecule has 1 saturated carbocycles. The highest BCUT2D eigenvalue weighted by atomic mass is 31.1. The molecule has 2 nitrogen and oxygen atoms in total. The Hall–Kier alpha value is -2.05. The van der Waals surface area contributed by atoms with Crippen LogP contribution in [0.2, 0.25) is 0 Å². The molecule has 3 heteroatoms. The van der Waals surface area contributed by atoms with Crippen molar-refractivity contribution in [1.82, 2.24) is 10.2 Å². The predicted octanol–water partition coefficient (Wildman–Crippen LogP) is 7.34. The molecule has 1 aliphatic carbocycles. The lowest BCUT2D eigenvalue weighted by atomic mass is 9.93. The number of fused-ring (bicyclic) bond motifs is 2. The van der Waals surface area contributed by atoms with E-state index in [-0.39, 0.29) is 7.55 Å². The molecule has 0 radical (unpaired) electrons. The first-order chi connectivity index (χ1) is 15.0. The molecule has 2 aliphatic heterocycles. The van der Waals surface area contributed by atoms with Gasteiger partial charge in [-0.2, -0.15) is 0 Å². The Labute approximate surface area is 190 Å². The van der Waals surface area contributed by atoms with Crippen LogP contribution in [0.15, 0.2) is 66.2 Å². The molecule has 2 fully saturated rings. The maximum absolute atomic E-state index is 4.50. The first-order valence-electron chi connectivity index (χ1n) is 11.9. The van der Waals surface area contributed by atoms with Crippen molar-refractivity contribution in [1.29, 1.82) is 0 Å². The van der Waals surface area contributed by atoms with E-state index in [0.29, 0.717) is 6.04 Å². The second kappa shape index (κ2) is 9.61. The van der Waals surface area contributed by atoms with Gasteiger partial charge in [0.05, 0.1) is 5.82 Å². The number of hydrogen-bond acceptors (Lipinski definition) is 2. The summed E-state index contributed by atoms with van der Waals surface area (Å²) in [7, 11) is -0.353. The number of nitrogens with one attached hydrogen (secondary N) is 1. The molecular formula is C28H38N2P+. The minimum absolute atomic E-state index is 0.353. The lowest BCUT2D eigenvalue weighted by Crippen LogP contribution is -2.43. The van der Waals surface area contributed by atoms with Crippen LogP contribution >= 0.6 is 7.55 Å². The minimum Gasteiger partial charge on any atom is -0.355 e. The normalized spacial score (nSPS) is 22.2. The van der Waals surface area contributed by atoms with Gasteiger partial charge in [-0.25, -0.2) is 0 Å². The molecule has 164 valence electrons. The molecule has 0 aromatic heterocycles. The summed E-state index contributed by atoms with van der Waals surface area (Å²) in [6, 6.07) is 9.80. The van der Waals surface area contributed by atoms with Crippen LogP contribution < -0.4 is 5.32 Å². The van der Waals surface area contributed by atoms with Crippen LogP contribution in [-0.4, -0.2) is 29.4 Å². The van der Waals surface area contributed by atoms with Crippen molar-refractivity contribution in [2.45, 2.75) is 71.3 Å². The molecule has 1 N–H and O–H groups in total. The molecule has 1 unspecified atom stereocenters. The summed E-state index contributed by atoms with van der Waals surface area (Å²) in [5.74, 6) is 1.11. The van der Waals surface area contributed by atoms with Crippen molar-refractivity contribution in [3.05, 3.63) is 77.3 Å². The lowest BCUT2D eigenvalue weighted by Gasteiger charge is -2.39. The van der Waals surface area contributed by atoms with Gasteiger partial charge in [-0.3, -0.25) is 0 Å². The SMILES string of the molecule is C=CCC1=C(c2ccc(C)cc2)[P+](C)=C2CCN(C3CCCCC3)C(=C)NC(=C1C)C2. The molecule has 2 heterocycles. The first-order valence-corrected chi connectivity index (χ1v) is 13.7. The topological polar surface area (TPSA) is 15.3 Å². The van der Waals surface area contributed by atoms with Crippen LogP contribution in [-0.2, 0) is 0 Å². The Bertz CT molecular complexity index is 955. The highest BCUT2D eigenvalue weighted by Gasteiger charge is 2.33. The second-order valence-corrected chi connectivity index (χ2v) is 11.6. The van der Waals surface area contributed by atoms with Gasteiger partial charge < -0.3 is 10.2 Å². The molecule has 1 saturated heterocycles. The molecule has 0 spiro atoms. The third-order valence-electron chi connectivity index (χ3n) is 7.35. The molecule has 1 atom stereocenters. The molecule has 31 heavy (non-hydrogen) atoms. The van der Waals surface area contributed by atoms with E-state index in [9.17, 15) is 0 Å². The van der Waals surface area contributed by atoms with Crippen molar-refractivity contribution in [2.75, 3.05) is 13.2 Å². The Kier molecular flexibility index (Phi) is 6.87. The van der Waals surface area contributed by atoms with Crippen LogP contribution in [0.5, 0.6) is 0 Å². The van der Waals surface area contributed by atoms with E-state index >= 15 is 0 Å². The zero-order valence-electron chi connectivity index (χ0n) is 19.6. The summed E-state index contributed by atoms with van der Waals surface area (Å²) < 4.78 is 0. The zero-order valence-corrected chi connectivity index (χ0v) is 20.5. The molecule has 4 rings (SSSR count). The van der Waals surface area contributed by atoms with Gasteiger partial charge in [0.2, 0.25) is 0 Å². The third-order valence-corrected chi connectivity index (χ3v) is 9.88. The van der Waals surface area contributed by atoms with Gasteiger partial charge >= 0.3 is 0 Å². The smallest absolute Gasteiger partial charge is 0.159 e. The van der Waals surface area contributed by atoms with Crippen LogP contribution in [0.3, 0.4) is 0 Å². The Morgan fingerprint density at radius 2 is 1.84 bits per heavy atom. The van der Waals surface area contributed by atoms with Gasteiger partial charge in [-0.05, 0) is 38.7 Å². The maximum Gasteiger partial charge on any atom is 0.159 e. The van der Waals surface area contributed by atoms with Gasteiger partial charge in [0.1, 0.15) is 19.5 Å². The standard InChI is InChI=1S/C28H38N2P/c1-6-10-26-21(3)27-19-25(31(5)28(26)23-15-13-20(2)14-16-23)17-18-30(22(4)29-27)24-11-8-7-9-12-24/h6,13-16,24,29H,1,4,7-12,17-19H2,2-3,5H3/q+1. The Balaban J connectivity index is 1.80. The van der Waals surface area contributed by atoms with Crippen LogP contribution in [0.1, 0.15) is 69.4 Å². The van der Waals surface area contributed by atoms with Gasteiger partial charge in [-0.1, -0.05) is 61.7 Å². The van der Waals surface area contributed by atoms with Gasteiger partial charge in [0.15, 0.2) is 5.31 Å². The molecular weight excluding hydrogens is 395 g/mol. The highest BCUT2D eigenvalue weighted by molar-refractivity contribution is 7.68. The number of hydrogen-bond donors (Lipinski definition) is 1. The van der Waals surface area contributed by atoms with E-state index in [1.807, 2.05) is 0 Å². The molecule has 2 bridgehead atoms. The second-order valence-electron chi connectivity index (χ2n) is 9.40. The summed E-state index contributed by atoms with van der Waals surface area (Å²) in [6.07, 6.45) is 11.9.